The molecular formula is C37H39N3O5S. The molecule has 0 saturated carbocycles. The van der Waals surface area contributed by atoms with Crippen molar-refractivity contribution in [3.05, 3.63) is 135 Å². The van der Waals surface area contributed by atoms with Crippen LogP contribution in [0.3, 0.4) is 0 Å². The lowest BCUT2D eigenvalue weighted by atomic mass is 9.98. The largest absolute Gasteiger partial charge is 0.497 e. The van der Waals surface area contributed by atoms with Crippen molar-refractivity contribution in [1.29, 1.82) is 0 Å². The molecule has 1 aromatic heterocycles. The van der Waals surface area contributed by atoms with E-state index in [-0.39, 0.29) is 11.9 Å². The molecule has 238 valence electrons. The number of nitrogens with zero attached hydrogens (tertiary/aromatic N) is 2. The molecule has 0 saturated heterocycles. The van der Waals surface area contributed by atoms with E-state index in [9.17, 15) is 4.79 Å². The summed E-state index contributed by atoms with van der Waals surface area (Å²) in [6, 6.07) is 31.5. The number of methoxy groups -OCH3 is 4. The average molecular weight is 638 g/mol. The lowest BCUT2D eigenvalue weighted by Crippen LogP contribution is -2.29. The number of benzene rings is 4. The molecule has 1 amide bonds. The highest BCUT2D eigenvalue weighted by molar-refractivity contribution is 7.09. The summed E-state index contributed by atoms with van der Waals surface area (Å²) in [4.78, 5) is 20.6. The molecule has 9 heteroatoms. The summed E-state index contributed by atoms with van der Waals surface area (Å²) in [5.74, 6) is 2.67. The molecule has 5 rings (SSSR count). The summed E-state index contributed by atoms with van der Waals surface area (Å²) in [5, 5.41) is 5.89. The van der Waals surface area contributed by atoms with Crippen LogP contribution >= 0.6 is 11.3 Å². The minimum Gasteiger partial charge on any atom is -0.497 e. The van der Waals surface area contributed by atoms with Crippen molar-refractivity contribution in [3.8, 4) is 23.0 Å². The topological polar surface area (TPSA) is 82.2 Å². The maximum Gasteiger partial charge on any atom is 0.271 e. The Kier molecular flexibility index (Phi) is 11.3. The van der Waals surface area contributed by atoms with Crippen LogP contribution < -0.4 is 24.3 Å². The molecule has 0 unspecified atom stereocenters. The van der Waals surface area contributed by atoms with Gasteiger partial charge in [-0.25, -0.2) is 4.98 Å². The van der Waals surface area contributed by atoms with E-state index in [0.29, 0.717) is 30.3 Å². The van der Waals surface area contributed by atoms with Crippen LogP contribution in [0.5, 0.6) is 23.0 Å². The van der Waals surface area contributed by atoms with E-state index in [1.807, 2.05) is 96.4 Å². The van der Waals surface area contributed by atoms with Gasteiger partial charge in [0.05, 0.1) is 41.0 Å². The van der Waals surface area contributed by atoms with Crippen molar-refractivity contribution in [2.24, 2.45) is 0 Å². The highest BCUT2D eigenvalue weighted by Crippen LogP contribution is 2.30. The molecule has 0 fully saturated rings. The third-order valence-electron chi connectivity index (χ3n) is 7.74. The summed E-state index contributed by atoms with van der Waals surface area (Å²) in [6.07, 6.45) is 0.771. The zero-order valence-electron chi connectivity index (χ0n) is 26.6. The number of hydrogen-bond donors (Lipinski definition) is 1. The molecule has 1 N–H and O–H groups in total. The first-order chi connectivity index (χ1) is 22.5. The van der Waals surface area contributed by atoms with Gasteiger partial charge < -0.3 is 24.3 Å². The van der Waals surface area contributed by atoms with Crippen molar-refractivity contribution in [1.82, 2.24) is 15.2 Å². The van der Waals surface area contributed by atoms with E-state index in [1.54, 1.807) is 28.4 Å². The van der Waals surface area contributed by atoms with Crippen molar-refractivity contribution in [2.75, 3.05) is 35.0 Å². The first kappa shape index (κ1) is 32.5. The van der Waals surface area contributed by atoms with Crippen LogP contribution in [-0.2, 0) is 19.5 Å². The molecule has 5 aromatic rings. The molecule has 0 atom stereocenters. The van der Waals surface area contributed by atoms with Crippen LogP contribution in [0.2, 0.25) is 0 Å². The van der Waals surface area contributed by atoms with Gasteiger partial charge >= 0.3 is 0 Å². The van der Waals surface area contributed by atoms with Crippen molar-refractivity contribution >= 4 is 17.2 Å². The van der Waals surface area contributed by atoms with Crippen molar-refractivity contribution in [2.45, 2.75) is 25.6 Å². The van der Waals surface area contributed by atoms with Crippen LogP contribution in [0.4, 0.5) is 0 Å². The Labute approximate surface area is 274 Å². The first-order valence-electron chi connectivity index (χ1n) is 15.0. The minimum absolute atomic E-state index is 0.214. The van der Waals surface area contributed by atoms with E-state index in [2.05, 4.69) is 16.3 Å². The number of rotatable bonds is 15. The van der Waals surface area contributed by atoms with E-state index in [4.69, 9.17) is 23.9 Å². The molecule has 0 aliphatic rings. The Morgan fingerprint density at radius 3 is 2.07 bits per heavy atom. The number of ether oxygens (including phenoxy) is 4. The fraction of sp³-hybridized carbons (Fsp3) is 0.243. The molecule has 0 aliphatic carbocycles. The van der Waals surface area contributed by atoms with E-state index in [0.717, 1.165) is 51.7 Å². The minimum atomic E-state index is -0.291. The summed E-state index contributed by atoms with van der Waals surface area (Å²) in [5.41, 5.74) is 4.56. The third-order valence-corrected chi connectivity index (χ3v) is 8.57. The number of aromatic nitrogens is 1. The van der Waals surface area contributed by atoms with Gasteiger partial charge in [0.2, 0.25) is 0 Å². The van der Waals surface area contributed by atoms with Crippen LogP contribution in [0.25, 0.3) is 0 Å². The predicted molar refractivity (Wildman–Crippen MR) is 181 cm³/mol. The summed E-state index contributed by atoms with van der Waals surface area (Å²) in [7, 11) is 6.58. The molecule has 0 spiro atoms. The Morgan fingerprint density at radius 2 is 1.43 bits per heavy atom. The highest BCUT2D eigenvalue weighted by atomic mass is 32.1. The molecule has 0 radical (unpaired) electrons. The van der Waals surface area contributed by atoms with Crippen molar-refractivity contribution < 1.29 is 23.7 Å². The van der Waals surface area contributed by atoms with Crippen molar-refractivity contribution in [3.63, 3.8) is 0 Å². The Morgan fingerprint density at radius 1 is 0.761 bits per heavy atom. The lowest BCUT2D eigenvalue weighted by molar-refractivity contribution is 0.0938. The molecule has 4 aromatic carbocycles. The van der Waals surface area contributed by atoms with Gasteiger partial charge in [0.25, 0.3) is 5.91 Å². The average Bonchev–Trinajstić information content (AvgIpc) is 3.58. The standard InChI is InChI=1S/C37H39N3O5S/c1-42-30-17-16-29(33(22-30)44-3)23-40(20-19-26-15-18-32(43-2)34(21-26)45-4)24-35-38-31(25-46-35)37(41)39-36(27-11-7-5-8-12-27)28-13-9-6-10-14-28/h5-18,21-22,25,36H,19-20,23-24H2,1-4H3,(H,39,41). The van der Waals surface area contributed by atoms with Crippen LogP contribution in [0, 0.1) is 0 Å². The molecule has 0 aliphatic heterocycles. The van der Waals surface area contributed by atoms with E-state index < -0.39 is 0 Å². The highest BCUT2D eigenvalue weighted by Gasteiger charge is 2.21. The Balaban J connectivity index is 1.35. The fourth-order valence-corrected chi connectivity index (χ4v) is 6.11. The SMILES string of the molecule is COc1ccc(CN(CCc2ccc(OC)c(OC)c2)Cc2nc(C(=O)NC(c3ccccc3)c3ccccc3)cs2)c(OC)c1. The smallest absolute Gasteiger partial charge is 0.271 e. The molecule has 46 heavy (non-hydrogen) atoms. The number of carbonyl (C=O) groups excluding carboxylic acids is 1. The van der Waals surface area contributed by atoms with Gasteiger partial charge in [-0.3, -0.25) is 9.69 Å². The second-order valence-electron chi connectivity index (χ2n) is 10.7. The second kappa shape index (κ2) is 15.9. The summed E-state index contributed by atoms with van der Waals surface area (Å²) < 4.78 is 22.0. The van der Waals surface area contributed by atoms with Gasteiger partial charge in [-0.05, 0) is 41.3 Å². The summed E-state index contributed by atoms with van der Waals surface area (Å²) >= 11 is 1.48. The normalized spacial score (nSPS) is 11.0. The van der Waals surface area contributed by atoms with Crippen LogP contribution in [0.1, 0.15) is 43.8 Å². The monoisotopic (exact) mass is 637 g/mol. The zero-order valence-corrected chi connectivity index (χ0v) is 27.4. The number of hydrogen-bond acceptors (Lipinski definition) is 8. The van der Waals surface area contributed by atoms with Crippen LogP contribution in [-0.4, -0.2) is 50.8 Å². The maximum absolute atomic E-state index is 13.5. The quantitative estimate of drug-likeness (QED) is 0.133. The van der Waals surface area contributed by atoms with Gasteiger partial charge in [0.15, 0.2) is 11.5 Å². The maximum atomic E-state index is 13.5. The number of carbonyl (C=O) groups is 1. The second-order valence-corrected chi connectivity index (χ2v) is 11.6. The van der Waals surface area contributed by atoms with Gasteiger partial charge in [0, 0.05) is 30.1 Å². The van der Waals surface area contributed by atoms with E-state index in [1.165, 1.54) is 11.3 Å². The Bertz CT molecular complexity index is 1670. The lowest BCUT2D eigenvalue weighted by Gasteiger charge is -2.23. The molecular weight excluding hydrogens is 598 g/mol. The third kappa shape index (κ3) is 8.24. The number of thiazole rings is 1. The fourth-order valence-electron chi connectivity index (χ4n) is 5.29. The number of amides is 1. The summed E-state index contributed by atoms with van der Waals surface area (Å²) in [6.45, 7) is 1.91. The van der Waals surface area contributed by atoms with E-state index >= 15 is 0 Å². The van der Waals surface area contributed by atoms with Gasteiger partial charge in [0.1, 0.15) is 22.2 Å². The first-order valence-corrected chi connectivity index (χ1v) is 15.9. The predicted octanol–water partition coefficient (Wildman–Crippen LogP) is 6.94. The van der Waals surface area contributed by atoms with Gasteiger partial charge in [-0.1, -0.05) is 72.8 Å². The Hall–Kier alpha value is -4.86. The van der Waals surface area contributed by atoms with Gasteiger partial charge in [-0.2, -0.15) is 0 Å². The van der Waals surface area contributed by atoms with Crippen LogP contribution in [0.15, 0.2) is 102 Å². The molecule has 0 bridgehead atoms. The number of nitrogens with one attached hydrogen (secondary N) is 1. The zero-order chi connectivity index (χ0) is 32.3. The molecule has 8 nitrogen and oxygen atoms in total. The van der Waals surface area contributed by atoms with Gasteiger partial charge in [-0.15, -0.1) is 11.3 Å². The molecule has 1 heterocycles.